The summed E-state index contributed by atoms with van der Waals surface area (Å²) in [5.74, 6) is -29.8. The molecule has 0 aromatic heterocycles. The van der Waals surface area contributed by atoms with Crippen LogP contribution in [0.15, 0.2) is 0 Å². The van der Waals surface area contributed by atoms with Crippen molar-refractivity contribution in [1.29, 1.82) is 0 Å². The molecular weight excluding hydrogens is 653 g/mol. The highest BCUT2D eigenvalue weighted by Gasteiger charge is 2.94. The molecule has 0 N–H and O–H groups in total. The Morgan fingerprint density at radius 2 is 0.469 bits per heavy atom. The minimum atomic E-state index is -7.80. The van der Waals surface area contributed by atoms with Crippen LogP contribution in [0, 0.1) is 0 Å². The second-order valence-electron chi connectivity index (χ2n) is 5.59. The van der Waals surface area contributed by atoms with Crippen molar-refractivity contribution in [2.24, 2.45) is 0 Å². The smallest absolute Gasteiger partial charge is 0.212 e. The number of halogens is 22. The van der Waals surface area contributed by atoms with Gasteiger partial charge in [-0.05, 0) is 11.6 Å². The molecule has 0 aliphatic carbocycles. The molecule has 0 aromatic carbocycles. The fourth-order valence-corrected chi connectivity index (χ4v) is 3.07. The molecule has 0 heterocycles. The van der Waals surface area contributed by atoms with Gasteiger partial charge in [-0.2, -0.15) is 43.9 Å². The van der Waals surface area contributed by atoms with Crippen LogP contribution in [0.2, 0.25) is 0 Å². The standard InChI is InChI=1S/C10Cl7F15/c11-1(18,6(24,25)3(13,20)8(28,29)9(15,16)30)5(22,23)2(12,19)7(26,27)4(14,21)10(17,31)32/t1-,2-,3-,4-/m0/s1. The summed E-state index contributed by atoms with van der Waals surface area (Å²) < 4.78 is 198. The summed E-state index contributed by atoms with van der Waals surface area (Å²) in [5, 5.41) is -34.5. The van der Waals surface area contributed by atoms with Crippen LogP contribution < -0.4 is 0 Å². The second-order valence-corrected chi connectivity index (χ2v) is 9.38. The molecule has 0 aromatic rings. The Balaban J connectivity index is 7.00. The molecule has 0 amide bonds. The molecule has 0 spiro atoms. The molecule has 0 bridgehead atoms. The van der Waals surface area contributed by atoms with Crippen LogP contribution in [0.4, 0.5) is 65.9 Å². The van der Waals surface area contributed by atoms with Crippen LogP contribution in [-0.4, -0.2) is 54.2 Å². The van der Waals surface area contributed by atoms with Crippen molar-refractivity contribution in [3.8, 4) is 0 Å². The van der Waals surface area contributed by atoms with Crippen molar-refractivity contribution in [1.82, 2.24) is 0 Å². The van der Waals surface area contributed by atoms with Crippen LogP contribution >= 0.6 is 81.2 Å². The lowest BCUT2D eigenvalue weighted by molar-refractivity contribution is -0.331. The Kier molecular flexibility index (Phi) is 8.51. The van der Waals surface area contributed by atoms with E-state index < -0.39 is 54.2 Å². The lowest BCUT2D eigenvalue weighted by Crippen LogP contribution is -2.75. The quantitative estimate of drug-likeness (QED) is 0.172. The number of alkyl halides is 22. The summed E-state index contributed by atoms with van der Waals surface area (Å²) in [6.45, 7) is 0. The average Bonchev–Trinajstić information content (AvgIpc) is 2.51. The zero-order chi connectivity index (χ0) is 27.0. The van der Waals surface area contributed by atoms with Gasteiger partial charge in [0, 0.05) is 0 Å². The van der Waals surface area contributed by atoms with Crippen molar-refractivity contribution in [3.63, 3.8) is 0 Å². The van der Waals surface area contributed by atoms with E-state index in [0.29, 0.717) is 0 Å². The van der Waals surface area contributed by atoms with E-state index in [0.717, 1.165) is 0 Å². The van der Waals surface area contributed by atoms with Crippen molar-refractivity contribution in [2.75, 3.05) is 0 Å². The van der Waals surface area contributed by atoms with E-state index in [1.807, 2.05) is 0 Å². The summed E-state index contributed by atoms with van der Waals surface area (Å²) in [4.78, 5) is 0. The highest BCUT2D eigenvalue weighted by Crippen LogP contribution is 2.68. The molecule has 4 atom stereocenters. The highest BCUT2D eigenvalue weighted by molar-refractivity contribution is 6.48. The molecule has 32 heavy (non-hydrogen) atoms. The molecule has 0 saturated carbocycles. The summed E-state index contributed by atoms with van der Waals surface area (Å²) in [6.07, 6.45) is 0. The third-order valence-corrected chi connectivity index (χ3v) is 6.20. The fourth-order valence-electron chi connectivity index (χ4n) is 1.54. The molecule has 22 heteroatoms. The Bertz CT molecular complexity index is 646. The summed E-state index contributed by atoms with van der Waals surface area (Å²) in [5.41, 5.74) is 0. The Hall–Kier alpha value is 0.980. The number of hydrogen-bond donors (Lipinski definition) is 0. The van der Waals surface area contributed by atoms with E-state index in [2.05, 4.69) is 81.2 Å². The zero-order valence-corrected chi connectivity index (χ0v) is 18.6. The maximum absolute atomic E-state index is 14.1. The van der Waals surface area contributed by atoms with E-state index in [4.69, 9.17) is 0 Å². The van der Waals surface area contributed by atoms with Crippen LogP contribution in [0.25, 0.3) is 0 Å². The monoisotopic (exact) mass is 650 g/mol. The van der Waals surface area contributed by atoms with E-state index in [-0.39, 0.29) is 0 Å². The maximum Gasteiger partial charge on any atom is 0.375 e. The van der Waals surface area contributed by atoms with Gasteiger partial charge in [-0.3, -0.25) is 0 Å². The predicted molar refractivity (Wildman–Crippen MR) is 84.9 cm³/mol. The van der Waals surface area contributed by atoms with Crippen molar-refractivity contribution >= 4 is 81.2 Å². The van der Waals surface area contributed by atoms with Gasteiger partial charge in [0.15, 0.2) is 0 Å². The third-order valence-electron chi connectivity index (χ3n) is 3.47. The normalized spacial score (nSPS) is 23.1. The van der Waals surface area contributed by atoms with Crippen LogP contribution in [0.1, 0.15) is 0 Å². The molecule has 0 radical (unpaired) electrons. The van der Waals surface area contributed by atoms with Crippen LogP contribution in [0.3, 0.4) is 0 Å². The van der Waals surface area contributed by atoms with Gasteiger partial charge < -0.3 is 0 Å². The first kappa shape index (κ1) is 33.0. The van der Waals surface area contributed by atoms with Crippen LogP contribution in [-0.2, 0) is 0 Å². The van der Waals surface area contributed by atoms with Crippen molar-refractivity contribution in [3.05, 3.63) is 0 Å². The van der Waals surface area contributed by atoms with Crippen LogP contribution in [0.5, 0.6) is 0 Å². The van der Waals surface area contributed by atoms with E-state index in [9.17, 15) is 65.9 Å². The van der Waals surface area contributed by atoms with Crippen molar-refractivity contribution in [2.45, 2.75) is 54.2 Å². The maximum atomic E-state index is 14.1. The first-order valence-electron chi connectivity index (χ1n) is 6.41. The van der Waals surface area contributed by atoms with Gasteiger partial charge >= 0.3 is 54.2 Å². The van der Waals surface area contributed by atoms with Gasteiger partial charge in [0.05, 0.1) is 0 Å². The first-order valence-corrected chi connectivity index (χ1v) is 9.05. The largest absolute Gasteiger partial charge is 0.375 e. The summed E-state index contributed by atoms with van der Waals surface area (Å²) >= 11 is 27.2. The lowest BCUT2D eigenvalue weighted by Gasteiger charge is -2.47. The number of hydrogen-bond acceptors (Lipinski definition) is 0. The molecular formula is C10Cl7F15. The number of rotatable bonds is 9. The van der Waals surface area contributed by atoms with E-state index in [1.54, 1.807) is 0 Å². The molecule has 0 unspecified atom stereocenters. The molecule has 0 rings (SSSR count). The SMILES string of the molecule is FC(Cl)(Cl)C(F)(F)[C@](F)(Cl)C(F)(F)[C@](F)(Cl)C(F)(F)[C@@](F)(Cl)C(F)(F)[C@@](F)(Cl)C(F)(F)Cl. The summed E-state index contributed by atoms with van der Waals surface area (Å²) in [6, 6.07) is 0. The van der Waals surface area contributed by atoms with E-state index >= 15 is 0 Å². The fraction of sp³-hybridized carbons (Fsp3) is 1.00. The molecule has 0 aliphatic heterocycles. The van der Waals surface area contributed by atoms with E-state index in [1.165, 1.54) is 0 Å². The predicted octanol–water partition coefficient (Wildman–Crippen LogP) is 9.08. The molecule has 0 aliphatic rings. The molecule has 0 fully saturated rings. The summed E-state index contributed by atoms with van der Waals surface area (Å²) in [7, 11) is 0. The minimum absolute atomic E-state index is 3.74. The second kappa shape index (κ2) is 8.25. The van der Waals surface area contributed by atoms with Gasteiger partial charge in [-0.15, -0.1) is 0 Å². The Labute approximate surface area is 201 Å². The average molecular weight is 653 g/mol. The Morgan fingerprint density at radius 1 is 0.281 bits per heavy atom. The molecule has 194 valence electrons. The topological polar surface area (TPSA) is 0 Å². The van der Waals surface area contributed by atoms with Gasteiger partial charge in [-0.25, -0.2) is 22.0 Å². The molecule has 0 saturated heterocycles. The van der Waals surface area contributed by atoms with Gasteiger partial charge in [0.2, 0.25) is 0 Å². The lowest BCUT2D eigenvalue weighted by atomic mass is 9.91. The Morgan fingerprint density at radius 3 is 0.656 bits per heavy atom. The van der Waals surface area contributed by atoms with Gasteiger partial charge in [0.25, 0.3) is 0 Å². The highest BCUT2D eigenvalue weighted by atomic mass is 35.5. The minimum Gasteiger partial charge on any atom is -0.212 e. The van der Waals surface area contributed by atoms with Crippen molar-refractivity contribution < 1.29 is 65.9 Å². The van der Waals surface area contributed by atoms with Gasteiger partial charge in [0.1, 0.15) is 0 Å². The molecule has 0 nitrogen and oxygen atoms in total. The third kappa shape index (κ3) is 4.14. The van der Waals surface area contributed by atoms with Gasteiger partial charge in [-0.1, -0.05) is 69.6 Å². The first-order chi connectivity index (χ1) is 13.2. The zero-order valence-electron chi connectivity index (χ0n) is 13.3.